The van der Waals surface area contributed by atoms with Gasteiger partial charge in [-0.25, -0.2) is 0 Å². The van der Waals surface area contributed by atoms with E-state index in [4.69, 9.17) is 0 Å². The summed E-state index contributed by atoms with van der Waals surface area (Å²) in [6.07, 6.45) is 3.70. The van der Waals surface area contributed by atoms with Gasteiger partial charge in [-0.1, -0.05) is 32.4 Å². The highest BCUT2D eigenvalue weighted by Gasteiger charge is 2.25. The van der Waals surface area contributed by atoms with Crippen molar-refractivity contribution in [3.05, 3.63) is 35.4 Å². The normalized spacial score (nSPS) is 17.3. The first-order valence-corrected chi connectivity index (χ1v) is 9.32. The molecule has 1 amide bonds. The molecule has 1 aromatic rings. The fourth-order valence-electron chi connectivity index (χ4n) is 3.57. The lowest BCUT2D eigenvalue weighted by atomic mass is 10.1. The zero-order chi connectivity index (χ0) is 17.5. The van der Waals surface area contributed by atoms with Gasteiger partial charge in [-0.05, 0) is 44.6 Å². The summed E-state index contributed by atoms with van der Waals surface area (Å²) in [5.41, 5.74) is 2.05. The van der Waals surface area contributed by atoms with Gasteiger partial charge in [0.1, 0.15) is 0 Å². The van der Waals surface area contributed by atoms with Crippen LogP contribution in [0.15, 0.2) is 24.3 Å². The van der Waals surface area contributed by atoms with E-state index < -0.39 is 0 Å². The quantitative estimate of drug-likeness (QED) is 0.768. The predicted octanol–water partition coefficient (Wildman–Crippen LogP) is 3.08. The maximum atomic E-state index is 12.7. The van der Waals surface area contributed by atoms with Gasteiger partial charge < -0.3 is 9.80 Å². The number of carbonyl (C=O) groups excluding carboxylic acids is 1. The summed E-state index contributed by atoms with van der Waals surface area (Å²) in [5, 5.41) is 0. The average molecular weight is 332 g/mol. The molecule has 1 aromatic carbocycles. The highest BCUT2D eigenvalue weighted by molar-refractivity contribution is 5.94. The van der Waals surface area contributed by atoms with Crippen LogP contribution in [0.5, 0.6) is 0 Å². The summed E-state index contributed by atoms with van der Waals surface area (Å²) in [4.78, 5) is 19.4. The number of amides is 1. The van der Waals surface area contributed by atoms with Crippen LogP contribution in [0, 0.1) is 0 Å². The molecule has 2 rings (SSSR count). The number of piperazine rings is 1. The summed E-state index contributed by atoms with van der Waals surface area (Å²) >= 11 is 0. The van der Waals surface area contributed by atoms with E-state index >= 15 is 0 Å². The number of rotatable bonds is 7. The average Bonchev–Trinajstić information content (AvgIpc) is 2.59. The number of carbonyl (C=O) groups is 1. The largest absolute Gasteiger partial charge is 0.336 e. The van der Waals surface area contributed by atoms with Crippen LogP contribution in [0.4, 0.5) is 0 Å². The maximum absolute atomic E-state index is 12.7. The molecule has 1 atom stereocenters. The Bertz CT molecular complexity index is 504. The summed E-state index contributed by atoms with van der Waals surface area (Å²) < 4.78 is 0. The van der Waals surface area contributed by atoms with E-state index in [0.717, 1.165) is 38.3 Å². The Kier molecular flexibility index (Phi) is 7.25. The van der Waals surface area contributed by atoms with Crippen LogP contribution in [0.3, 0.4) is 0 Å². The van der Waals surface area contributed by atoms with E-state index in [1.807, 2.05) is 17.0 Å². The molecule has 134 valence electrons. The number of nitrogens with zero attached hydrogens (tertiary/aromatic N) is 3. The summed E-state index contributed by atoms with van der Waals surface area (Å²) in [6.45, 7) is 9.13. The summed E-state index contributed by atoms with van der Waals surface area (Å²) in [7, 11) is 4.11. The third kappa shape index (κ3) is 5.05. The highest BCUT2D eigenvalue weighted by Crippen LogP contribution is 2.16. The number of benzene rings is 1. The van der Waals surface area contributed by atoms with E-state index in [1.165, 1.54) is 24.8 Å². The molecule has 0 saturated carbocycles. The van der Waals surface area contributed by atoms with Gasteiger partial charge in [0.2, 0.25) is 0 Å². The third-order valence-corrected chi connectivity index (χ3v) is 4.91. The number of hydrogen-bond acceptors (Lipinski definition) is 3. The molecule has 1 aliphatic heterocycles. The van der Waals surface area contributed by atoms with Gasteiger partial charge >= 0.3 is 0 Å². The van der Waals surface area contributed by atoms with Crippen molar-refractivity contribution < 1.29 is 4.79 Å². The Morgan fingerprint density at radius 3 is 2.21 bits per heavy atom. The summed E-state index contributed by atoms with van der Waals surface area (Å²) in [5.74, 6) is 0.176. The molecule has 1 saturated heterocycles. The lowest BCUT2D eigenvalue weighted by Crippen LogP contribution is -2.51. The molecule has 1 unspecified atom stereocenters. The first kappa shape index (κ1) is 18.9. The monoisotopic (exact) mass is 331 g/mol. The molecule has 4 heteroatoms. The molecule has 1 fully saturated rings. The first-order valence-electron chi connectivity index (χ1n) is 9.32. The topological polar surface area (TPSA) is 26.8 Å². The van der Waals surface area contributed by atoms with E-state index in [0.29, 0.717) is 6.04 Å². The first-order chi connectivity index (χ1) is 11.5. The molecular formula is C20H33N3O. The molecule has 0 spiro atoms. The Labute approximate surface area is 147 Å². The molecule has 4 nitrogen and oxygen atoms in total. The second-order valence-corrected chi connectivity index (χ2v) is 7.11. The standard InChI is InChI=1S/C20H33N3O/c1-5-7-19(6-2)22-12-14-23(15-13-22)20(24)18-10-8-17(9-11-18)16-21(3)4/h8-11,19H,5-7,12-16H2,1-4H3. The van der Waals surface area contributed by atoms with Crippen molar-refractivity contribution in [3.63, 3.8) is 0 Å². The maximum Gasteiger partial charge on any atom is 0.253 e. The molecule has 1 heterocycles. The van der Waals surface area contributed by atoms with Gasteiger partial charge in [0.15, 0.2) is 0 Å². The third-order valence-electron chi connectivity index (χ3n) is 4.91. The second-order valence-electron chi connectivity index (χ2n) is 7.11. The van der Waals surface area contributed by atoms with Crippen molar-refractivity contribution in [2.24, 2.45) is 0 Å². The lowest BCUT2D eigenvalue weighted by molar-refractivity contribution is 0.0553. The van der Waals surface area contributed by atoms with Gasteiger partial charge in [-0.3, -0.25) is 9.69 Å². The van der Waals surface area contributed by atoms with Crippen LogP contribution >= 0.6 is 0 Å². The molecule has 24 heavy (non-hydrogen) atoms. The molecule has 0 bridgehead atoms. The van der Waals surface area contributed by atoms with Gasteiger partial charge in [0.05, 0.1) is 0 Å². The zero-order valence-electron chi connectivity index (χ0n) is 15.8. The van der Waals surface area contributed by atoms with Crippen molar-refractivity contribution in [2.75, 3.05) is 40.3 Å². The Hall–Kier alpha value is -1.39. The van der Waals surface area contributed by atoms with Crippen molar-refractivity contribution in [1.82, 2.24) is 14.7 Å². The number of hydrogen-bond donors (Lipinski definition) is 0. The molecule has 0 N–H and O–H groups in total. The van der Waals surface area contributed by atoms with Crippen molar-refractivity contribution in [2.45, 2.75) is 45.7 Å². The van der Waals surface area contributed by atoms with E-state index in [2.05, 4.69) is 49.9 Å². The predicted molar refractivity (Wildman–Crippen MR) is 100 cm³/mol. The molecule has 0 aromatic heterocycles. The van der Waals surface area contributed by atoms with Gasteiger partial charge in [-0.2, -0.15) is 0 Å². The van der Waals surface area contributed by atoms with Crippen molar-refractivity contribution in [1.29, 1.82) is 0 Å². The smallest absolute Gasteiger partial charge is 0.253 e. The minimum absolute atomic E-state index is 0.176. The van der Waals surface area contributed by atoms with Crippen molar-refractivity contribution in [3.8, 4) is 0 Å². The minimum atomic E-state index is 0.176. The van der Waals surface area contributed by atoms with E-state index in [-0.39, 0.29) is 5.91 Å². The minimum Gasteiger partial charge on any atom is -0.336 e. The van der Waals surface area contributed by atoms with Crippen LogP contribution in [0.2, 0.25) is 0 Å². The lowest BCUT2D eigenvalue weighted by Gasteiger charge is -2.39. The van der Waals surface area contributed by atoms with Gasteiger partial charge in [-0.15, -0.1) is 0 Å². The van der Waals surface area contributed by atoms with E-state index in [1.54, 1.807) is 0 Å². The van der Waals surface area contributed by atoms with E-state index in [9.17, 15) is 4.79 Å². The van der Waals surface area contributed by atoms with Crippen LogP contribution in [0.25, 0.3) is 0 Å². The molecule has 0 radical (unpaired) electrons. The molecule has 1 aliphatic rings. The van der Waals surface area contributed by atoms with Crippen LogP contribution in [0.1, 0.15) is 49.0 Å². The zero-order valence-corrected chi connectivity index (χ0v) is 15.8. The van der Waals surface area contributed by atoms with Crippen molar-refractivity contribution >= 4 is 5.91 Å². The molecule has 0 aliphatic carbocycles. The SMILES string of the molecule is CCCC(CC)N1CCN(C(=O)c2ccc(CN(C)C)cc2)CC1. The fourth-order valence-corrected chi connectivity index (χ4v) is 3.57. The highest BCUT2D eigenvalue weighted by atomic mass is 16.2. The Morgan fingerprint density at radius 2 is 1.71 bits per heavy atom. The van der Waals surface area contributed by atoms with Gasteiger partial charge in [0.25, 0.3) is 5.91 Å². The van der Waals surface area contributed by atoms with Crippen LogP contribution in [-0.2, 0) is 6.54 Å². The summed E-state index contributed by atoms with van der Waals surface area (Å²) in [6, 6.07) is 8.76. The van der Waals surface area contributed by atoms with Gasteiger partial charge in [0, 0.05) is 44.3 Å². The molecular weight excluding hydrogens is 298 g/mol. The van der Waals surface area contributed by atoms with Crippen LogP contribution < -0.4 is 0 Å². The second kappa shape index (κ2) is 9.19. The van der Waals surface area contributed by atoms with Crippen LogP contribution in [-0.4, -0.2) is 66.9 Å². The fraction of sp³-hybridized carbons (Fsp3) is 0.650. The Balaban J connectivity index is 1.90. The Morgan fingerprint density at radius 1 is 1.08 bits per heavy atom.